The van der Waals surface area contributed by atoms with Crippen LogP contribution in [0.15, 0.2) is 18.2 Å². The van der Waals surface area contributed by atoms with Gasteiger partial charge in [0.2, 0.25) is 11.8 Å². The highest BCUT2D eigenvalue weighted by molar-refractivity contribution is 6.01. The third-order valence-electron chi connectivity index (χ3n) is 5.61. The number of likely N-dealkylation sites (N-methyl/N-ethyl adjacent to an activating group) is 1. The first-order valence-corrected chi connectivity index (χ1v) is 10.1. The summed E-state index contributed by atoms with van der Waals surface area (Å²) in [5.41, 5.74) is 2.44. The van der Waals surface area contributed by atoms with E-state index in [4.69, 9.17) is 0 Å². The molecule has 6 heteroatoms. The first-order chi connectivity index (χ1) is 13.0. The largest absolute Gasteiger partial charge is 0.324 e. The van der Waals surface area contributed by atoms with Crippen molar-refractivity contribution >= 4 is 23.2 Å². The van der Waals surface area contributed by atoms with Gasteiger partial charge in [0, 0.05) is 19.0 Å². The van der Waals surface area contributed by atoms with Crippen molar-refractivity contribution in [1.29, 1.82) is 0 Å². The second-order valence-corrected chi connectivity index (χ2v) is 8.00. The molecule has 2 aliphatic rings. The fourth-order valence-corrected chi connectivity index (χ4v) is 3.94. The highest BCUT2D eigenvalue weighted by atomic mass is 16.2. The van der Waals surface area contributed by atoms with Crippen molar-refractivity contribution in [2.24, 2.45) is 5.92 Å². The Kier molecular flexibility index (Phi) is 6.85. The smallest absolute Gasteiger partial charge is 0.238 e. The van der Waals surface area contributed by atoms with Gasteiger partial charge in [0.05, 0.1) is 17.9 Å². The molecular weight excluding hydrogens is 340 g/mol. The molecule has 3 rings (SSSR count). The van der Waals surface area contributed by atoms with Gasteiger partial charge in [0.15, 0.2) is 0 Å². The molecule has 1 heterocycles. The fraction of sp³-hybridized carbons (Fsp3) is 0.619. The number of benzene rings is 1. The zero-order chi connectivity index (χ0) is 19.2. The van der Waals surface area contributed by atoms with Crippen LogP contribution in [0.2, 0.25) is 0 Å². The van der Waals surface area contributed by atoms with Gasteiger partial charge in [0.1, 0.15) is 0 Å². The molecule has 1 aliphatic heterocycles. The molecule has 1 aromatic rings. The lowest BCUT2D eigenvalue weighted by Crippen LogP contribution is -2.36. The minimum atomic E-state index is -0.0264. The van der Waals surface area contributed by atoms with Crippen LogP contribution in [0.5, 0.6) is 0 Å². The van der Waals surface area contributed by atoms with Crippen molar-refractivity contribution in [2.45, 2.75) is 39.0 Å². The van der Waals surface area contributed by atoms with Crippen molar-refractivity contribution < 1.29 is 9.59 Å². The van der Waals surface area contributed by atoms with Crippen molar-refractivity contribution in [3.8, 4) is 0 Å². The van der Waals surface area contributed by atoms with E-state index in [1.54, 1.807) is 0 Å². The fourth-order valence-electron chi connectivity index (χ4n) is 3.94. The molecule has 2 amide bonds. The van der Waals surface area contributed by atoms with E-state index in [9.17, 15) is 9.59 Å². The highest BCUT2D eigenvalue weighted by Crippen LogP contribution is 2.28. The number of nitrogens with zero attached hydrogens (tertiary/aromatic N) is 2. The summed E-state index contributed by atoms with van der Waals surface area (Å²) in [5, 5.41) is 6.05. The van der Waals surface area contributed by atoms with E-state index in [0.29, 0.717) is 17.9 Å². The van der Waals surface area contributed by atoms with Crippen LogP contribution in [0, 0.1) is 12.8 Å². The molecule has 6 nitrogen and oxygen atoms in total. The molecule has 1 aromatic carbocycles. The van der Waals surface area contributed by atoms with Crippen molar-refractivity contribution in [1.82, 2.24) is 9.80 Å². The third-order valence-corrected chi connectivity index (χ3v) is 5.61. The Morgan fingerprint density at radius 1 is 1.00 bits per heavy atom. The number of nitrogens with one attached hydrogen (secondary N) is 2. The summed E-state index contributed by atoms with van der Waals surface area (Å²) in [6.45, 7) is 6.29. The summed E-state index contributed by atoms with van der Waals surface area (Å²) in [6.07, 6.45) is 5.25. The highest BCUT2D eigenvalue weighted by Gasteiger charge is 2.23. The van der Waals surface area contributed by atoms with Gasteiger partial charge >= 0.3 is 0 Å². The molecule has 27 heavy (non-hydrogen) atoms. The first kappa shape index (κ1) is 19.8. The lowest BCUT2D eigenvalue weighted by Gasteiger charge is -2.20. The predicted octanol–water partition coefficient (Wildman–Crippen LogP) is 2.70. The monoisotopic (exact) mass is 372 g/mol. The van der Waals surface area contributed by atoms with Crippen molar-refractivity contribution in [3.05, 3.63) is 23.8 Å². The van der Waals surface area contributed by atoms with Gasteiger partial charge in [-0.1, -0.05) is 18.9 Å². The van der Waals surface area contributed by atoms with Gasteiger partial charge in [-0.2, -0.15) is 0 Å². The molecule has 1 saturated heterocycles. The molecule has 0 unspecified atom stereocenters. The summed E-state index contributed by atoms with van der Waals surface area (Å²) in [4.78, 5) is 29.6. The van der Waals surface area contributed by atoms with Crippen LogP contribution < -0.4 is 10.6 Å². The van der Waals surface area contributed by atoms with Crippen molar-refractivity contribution in [2.75, 3.05) is 50.4 Å². The zero-order valence-corrected chi connectivity index (χ0v) is 16.6. The van der Waals surface area contributed by atoms with E-state index in [1.807, 2.05) is 25.1 Å². The second kappa shape index (κ2) is 9.33. The average Bonchev–Trinajstić information content (AvgIpc) is 3.09. The van der Waals surface area contributed by atoms with Gasteiger partial charge in [0.25, 0.3) is 0 Å². The van der Waals surface area contributed by atoms with Crippen LogP contribution in [0.4, 0.5) is 11.4 Å². The number of carbonyl (C=O) groups excluding carboxylic acids is 2. The molecule has 0 spiro atoms. The van der Waals surface area contributed by atoms with Gasteiger partial charge in [-0.05, 0) is 64.0 Å². The third kappa shape index (κ3) is 5.78. The Morgan fingerprint density at radius 2 is 1.78 bits per heavy atom. The molecule has 2 N–H and O–H groups in total. The number of carbonyl (C=O) groups is 2. The van der Waals surface area contributed by atoms with Crippen LogP contribution in [0.25, 0.3) is 0 Å². The summed E-state index contributed by atoms with van der Waals surface area (Å²) in [5.74, 6) is 0.146. The van der Waals surface area contributed by atoms with Crippen LogP contribution in [-0.4, -0.2) is 61.4 Å². The SMILES string of the molecule is Cc1ccc(NC(=O)C2CCCC2)c(NC(=O)CN2CCCN(C)CC2)c1. The van der Waals surface area contributed by atoms with Gasteiger partial charge in [-0.3, -0.25) is 14.5 Å². The summed E-state index contributed by atoms with van der Waals surface area (Å²) in [6, 6.07) is 5.78. The molecule has 0 aromatic heterocycles. The van der Waals surface area contributed by atoms with E-state index in [1.165, 1.54) is 0 Å². The number of amides is 2. The average molecular weight is 373 g/mol. The molecule has 0 bridgehead atoms. The molecule has 2 fully saturated rings. The van der Waals surface area contributed by atoms with Crippen LogP contribution >= 0.6 is 0 Å². The van der Waals surface area contributed by atoms with E-state index in [0.717, 1.165) is 63.8 Å². The summed E-state index contributed by atoms with van der Waals surface area (Å²) < 4.78 is 0. The normalized spacial score (nSPS) is 19.6. The molecule has 0 atom stereocenters. The number of hydrogen-bond donors (Lipinski definition) is 2. The van der Waals surface area contributed by atoms with Gasteiger partial charge < -0.3 is 15.5 Å². The van der Waals surface area contributed by atoms with E-state index >= 15 is 0 Å². The minimum Gasteiger partial charge on any atom is -0.324 e. The zero-order valence-electron chi connectivity index (χ0n) is 16.6. The predicted molar refractivity (Wildman–Crippen MR) is 109 cm³/mol. The quantitative estimate of drug-likeness (QED) is 0.834. The molecule has 1 saturated carbocycles. The Morgan fingerprint density at radius 3 is 2.56 bits per heavy atom. The molecule has 0 radical (unpaired) electrons. The maximum Gasteiger partial charge on any atom is 0.238 e. The maximum atomic E-state index is 12.6. The number of hydrogen-bond acceptors (Lipinski definition) is 4. The topological polar surface area (TPSA) is 64.7 Å². The second-order valence-electron chi connectivity index (χ2n) is 8.00. The Bertz CT molecular complexity index is 670. The van der Waals surface area contributed by atoms with Gasteiger partial charge in [-0.15, -0.1) is 0 Å². The van der Waals surface area contributed by atoms with E-state index in [2.05, 4.69) is 27.5 Å². The Balaban J connectivity index is 1.61. The molecular formula is C21H32N4O2. The van der Waals surface area contributed by atoms with Crippen molar-refractivity contribution in [3.63, 3.8) is 0 Å². The Labute approximate surface area is 162 Å². The van der Waals surface area contributed by atoms with Crippen LogP contribution in [-0.2, 0) is 9.59 Å². The maximum absolute atomic E-state index is 12.6. The van der Waals surface area contributed by atoms with Gasteiger partial charge in [-0.25, -0.2) is 0 Å². The van der Waals surface area contributed by atoms with E-state index < -0.39 is 0 Å². The number of rotatable bonds is 5. The Hall–Kier alpha value is -1.92. The lowest BCUT2D eigenvalue weighted by atomic mass is 10.1. The van der Waals surface area contributed by atoms with Crippen LogP contribution in [0.1, 0.15) is 37.7 Å². The standard InChI is InChI=1S/C21H32N4O2/c1-16-8-9-18(23-21(27)17-6-3-4-7-17)19(14-16)22-20(26)15-25-11-5-10-24(2)12-13-25/h8-9,14,17H,3-7,10-13,15H2,1-2H3,(H,22,26)(H,23,27). The molecule has 148 valence electrons. The summed E-state index contributed by atoms with van der Waals surface area (Å²) in [7, 11) is 2.12. The summed E-state index contributed by atoms with van der Waals surface area (Å²) >= 11 is 0. The molecule has 1 aliphatic carbocycles. The van der Waals surface area contributed by atoms with E-state index in [-0.39, 0.29) is 17.7 Å². The van der Waals surface area contributed by atoms with Crippen LogP contribution in [0.3, 0.4) is 0 Å². The lowest BCUT2D eigenvalue weighted by molar-refractivity contribution is -0.120. The number of aryl methyl sites for hydroxylation is 1. The number of anilines is 2. The minimum absolute atomic E-state index is 0.0264. The first-order valence-electron chi connectivity index (χ1n) is 10.1.